The van der Waals surface area contributed by atoms with Crippen LogP contribution in [0.4, 0.5) is 0 Å². The number of likely N-dealkylation sites (tertiary alicyclic amines) is 1. The summed E-state index contributed by atoms with van der Waals surface area (Å²) in [5.41, 5.74) is 7.04. The molecule has 0 aromatic rings. The zero-order valence-electron chi connectivity index (χ0n) is 19.7. The molecule has 4 heteroatoms. The number of nitrogens with one attached hydrogen (secondary N) is 1. The zero-order chi connectivity index (χ0) is 21.0. The van der Waals surface area contributed by atoms with Gasteiger partial charge in [0.15, 0.2) is 0 Å². The number of nitrogens with zero attached hydrogens (tertiary/aromatic N) is 1. The van der Waals surface area contributed by atoms with Gasteiger partial charge in [0.25, 0.3) is 0 Å². The zero-order valence-corrected chi connectivity index (χ0v) is 20.6. The van der Waals surface area contributed by atoms with Crippen molar-refractivity contribution in [2.45, 2.75) is 117 Å². The normalized spacial score (nSPS) is 49.1. The summed E-state index contributed by atoms with van der Waals surface area (Å²) in [6.45, 7) is 21.8. The van der Waals surface area contributed by atoms with Gasteiger partial charge in [-0.3, -0.25) is 4.90 Å². The Bertz CT molecular complexity index is 530. The molecule has 0 bridgehead atoms. The van der Waals surface area contributed by atoms with Gasteiger partial charge in [-0.2, -0.15) is 12.6 Å². The first-order chi connectivity index (χ1) is 12.1. The summed E-state index contributed by atoms with van der Waals surface area (Å²) in [6.07, 6.45) is 4.56. The maximum absolute atomic E-state index is 6.68. The highest BCUT2D eigenvalue weighted by Crippen LogP contribution is 2.65. The molecule has 0 aromatic heterocycles. The molecule has 2 saturated heterocycles. The van der Waals surface area contributed by atoms with Crippen LogP contribution in [0.5, 0.6) is 0 Å². The van der Waals surface area contributed by atoms with Gasteiger partial charge in [-0.05, 0) is 83.1 Å². The molecular formula is C23H47N3S. The van der Waals surface area contributed by atoms with Gasteiger partial charge < -0.3 is 11.1 Å². The average Bonchev–Trinajstić information content (AvgIpc) is 2.41. The minimum Gasteiger partial charge on any atom is -0.316 e. The molecule has 2 aliphatic heterocycles. The van der Waals surface area contributed by atoms with E-state index in [-0.39, 0.29) is 27.3 Å². The molecule has 1 spiro atoms. The Kier molecular flexibility index (Phi) is 6.52. The molecule has 7 atom stereocenters. The molecule has 2 heterocycles. The van der Waals surface area contributed by atoms with Crippen molar-refractivity contribution >= 4 is 12.6 Å². The summed E-state index contributed by atoms with van der Waals surface area (Å²) in [5.74, 6) is 1.09. The van der Waals surface area contributed by atoms with Crippen LogP contribution in [-0.4, -0.2) is 40.5 Å². The van der Waals surface area contributed by atoms with Gasteiger partial charge in [-0.25, -0.2) is 0 Å². The molecule has 3 N–H and O–H groups in total. The Morgan fingerprint density at radius 1 is 0.963 bits per heavy atom. The van der Waals surface area contributed by atoms with Crippen LogP contribution in [0.2, 0.25) is 0 Å². The van der Waals surface area contributed by atoms with E-state index in [2.05, 4.69) is 79.6 Å². The van der Waals surface area contributed by atoms with Crippen LogP contribution in [0, 0.1) is 22.7 Å². The molecule has 2 rings (SSSR count). The summed E-state index contributed by atoms with van der Waals surface area (Å²) in [6, 6.07) is 0.989. The fraction of sp³-hybridized carbons (Fsp3) is 1.00. The van der Waals surface area contributed by atoms with Gasteiger partial charge >= 0.3 is 0 Å². The molecule has 0 amide bonds. The van der Waals surface area contributed by atoms with Gasteiger partial charge in [-0.1, -0.05) is 34.6 Å². The lowest BCUT2D eigenvalue weighted by molar-refractivity contribution is -0.126. The van der Waals surface area contributed by atoms with Gasteiger partial charge in [0, 0.05) is 22.4 Å². The van der Waals surface area contributed by atoms with E-state index in [1.165, 1.54) is 6.42 Å². The minimum absolute atomic E-state index is 0.0751. The topological polar surface area (TPSA) is 41.3 Å². The van der Waals surface area contributed by atoms with Gasteiger partial charge in [0.2, 0.25) is 0 Å². The molecule has 2 fully saturated rings. The number of rotatable bonds is 0. The van der Waals surface area contributed by atoms with E-state index in [0.717, 1.165) is 19.3 Å². The lowest BCUT2D eigenvalue weighted by Crippen LogP contribution is -2.67. The maximum Gasteiger partial charge on any atom is 0.0574 e. The highest BCUT2D eigenvalue weighted by atomic mass is 32.1. The molecule has 0 aliphatic carbocycles. The molecule has 0 saturated carbocycles. The fourth-order valence-electron chi connectivity index (χ4n) is 8.20. The monoisotopic (exact) mass is 397 g/mol. The molecular weight excluding hydrogens is 350 g/mol. The van der Waals surface area contributed by atoms with E-state index in [4.69, 9.17) is 18.4 Å². The van der Waals surface area contributed by atoms with E-state index < -0.39 is 0 Å². The lowest BCUT2D eigenvalue weighted by atomic mass is 9.44. The Morgan fingerprint density at radius 2 is 1.48 bits per heavy atom. The quantitative estimate of drug-likeness (QED) is 0.509. The van der Waals surface area contributed by atoms with Gasteiger partial charge in [0.05, 0.1) is 6.17 Å². The smallest absolute Gasteiger partial charge is 0.0574 e. The van der Waals surface area contributed by atoms with Crippen molar-refractivity contribution in [1.29, 1.82) is 0 Å². The van der Waals surface area contributed by atoms with Gasteiger partial charge in [-0.15, -0.1) is 0 Å². The second-order valence-electron chi connectivity index (χ2n) is 11.7. The molecule has 0 aromatic carbocycles. The van der Waals surface area contributed by atoms with Crippen LogP contribution in [-0.2, 0) is 0 Å². The van der Waals surface area contributed by atoms with Crippen LogP contribution in [0.25, 0.3) is 0 Å². The van der Waals surface area contributed by atoms with Crippen molar-refractivity contribution in [3.05, 3.63) is 0 Å². The predicted octanol–water partition coefficient (Wildman–Crippen LogP) is 4.91. The summed E-state index contributed by atoms with van der Waals surface area (Å²) >= 11 is 5.51. The Labute approximate surface area is 175 Å². The molecule has 0 radical (unpaired) electrons. The average molecular weight is 398 g/mol. The Hall–Kier alpha value is 0.230. The second kappa shape index (κ2) is 7.49. The molecule has 7 unspecified atom stereocenters. The van der Waals surface area contributed by atoms with E-state index in [1.807, 2.05) is 0 Å². The van der Waals surface area contributed by atoms with Crippen LogP contribution < -0.4 is 11.1 Å². The number of hydrogen-bond acceptors (Lipinski definition) is 4. The lowest BCUT2D eigenvalue weighted by Gasteiger charge is -2.66. The Morgan fingerprint density at radius 3 is 2.04 bits per heavy atom. The van der Waals surface area contributed by atoms with E-state index >= 15 is 0 Å². The van der Waals surface area contributed by atoms with Crippen molar-refractivity contribution < 1.29 is 0 Å². The summed E-state index contributed by atoms with van der Waals surface area (Å²) in [5, 5.41) is 3.88. The van der Waals surface area contributed by atoms with Crippen LogP contribution in [0.1, 0.15) is 88.0 Å². The minimum atomic E-state index is -0.0820. The first kappa shape index (κ1) is 23.5. The van der Waals surface area contributed by atoms with Crippen molar-refractivity contribution in [2.24, 2.45) is 28.4 Å². The number of thiol groups is 1. The summed E-state index contributed by atoms with van der Waals surface area (Å²) in [7, 11) is 2.20. The van der Waals surface area contributed by atoms with E-state index in [9.17, 15) is 0 Å². The van der Waals surface area contributed by atoms with Crippen LogP contribution in [0.3, 0.4) is 0 Å². The third-order valence-electron chi connectivity index (χ3n) is 8.32. The standard InChI is InChI=1S/C23H47N3S/c1-15-11-17(3)25-21(7,8)14-22(9,27)23(15)16(2)12-19(24)26(10)18(4)13-20(23,5)6/h15-19,25,27H,11-14,24H2,1-10H3. The number of hydrogen-bond donors (Lipinski definition) is 3. The van der Waals surface area contributed by atoms with Crippen LogP contribution >= 0.6 is 12.6 Å². The first-order valence-corrected chi connectivity index (χ1v) is 11.5. The van der Waals surface area contributed by atoms with Crippen molar-refractivity contribution in [3.8, 4) is 0 Å². The molecule has 160 valence electrons. The Balaban J connectivity index is 2.69. The van der Waals surface area contributed by atoms with E-state index in [1.54, 1.807) is 0 Å². The van der Waals surface area contributed by atoms with Gasteiger partial charge in [0.1, 0.15) is 0 Å². The molecule has 2 aliphatic rings. The third kappa shape index (κ3) is 3.98. The van der Waals surface area contributed by atoms with Crippen molar-refractivity contribution in [2.75, 3.05) is 7.05 Å². The van der Waals surface area contributed by atoms with Crippen molar-refractivity contribution in [1.82, 2.24) is 10.2 Å². The molecule has 3 nitrogen and oxygen atoms in total. The first-order valence-electron chi connectivity index (χ1n) is 11.0. The second-order valence-corrected chi connectivity index (χ2v) is 12.7. The summed E-state index contributed by atoms with van der Waals surface area (Å²) < 4.78 is -0.0820. The molecule has 27 heavy (non-hydrogen) atoms. The maximum atomic E-state index is 6.68. The summed E-state index contributed by atoms with van der Waals surface area (Å²) in [4.78, 5) is 2.39. The predicted molar refractivity (Wildman–Crippen MR) is 122 cm³/mol. The van der Waals surface area contributed by atoms with Crippen molar-refractivity contribution in [3.63, 3.8) is 0 Å². The number of nitrogens with two attached hydrogens (primary N) is 1. The third-order valence-corrected chi connectivity index (χ3v) is 8.84. The van der Waals surface area contributed by atoms with E-state index in [0.29, 0.717) is 23.9 Å². The fourth-order valence-corrected chi connectivity index (χ4v) is 9.34. The van der Waals surface area contributed by atoms with Crippen LogP contribution in [0.15, 0.2) is 0 Å². The largest absolute Gasteiger partial charge is 0.316 e. The highest BCUT2D eigenvalue weighted by molar-refractivity contribution is 7.81. The SMILES string of the molecule is CC1CC(C)C2(C(C)CC(N)N(C)C(C)CC2(C)C)C(C)(S)CC(C)(C)N1. The highest BCUT2D eigenvalue weighted by Gasteiger charge is 2.63.